The van der Waals surface area contributed by atoms with Crippen molar-refractivity contribution >= 4 is 53.4 Å². The highest BCUT2D eigenvalue weighted by atomic mass is 35.5. The number of anilines is 1. The van der Waals surface area contributed by atoms with Crippen LogP contribution in [0.3, 0.4) is 0 Å². The molecule has 0 saturated carbocycles. The first-order valence-corrected chi connectivity index (χ1v) is 26.7. The number of methoxy groups -OCH3 is 1. The number of halogens is 1. The molecule has 4 aromatic rings. The summed E-state index contributed by atoms with van der Waals surface area (Å²) in [6.07, 6.45) is 12.1. The minimum Gasteiger partial charge on any atom is -0.496 e. The predicted molar refractivity (Wildman–Crippen MR) is 258 cm³/mol. The number of unbranched alkanes of at least 4 members (excludes halogenated alkanes) is 4. The van der Waals surface area contributed by atoms with Gasteiger partial charge < -0.3 is 24.0 Å². The third-order valence-electron chi connectivity index (χ3n) is 13.9. The van der Waals surface area contributed by atoms with Crippen LogP contribution in [0.2, 0.25) is 5.02 Å². The molecule has 3 saturated heterocycles. The summed E-state index contributed by atoms with van der Waals surface area (Å²) in [7, 11) is -0.773. The van der Waals surface area contributed by atoms with Gasteiger partial charge >= 0.3 is 0 Å². The number of benzene rings is 3. The molecule has 13 nitrogen and oxygen atoms in total. The van der Waals surface area contributed by atoms with E-state index >= 15 is 0 Å². The van der Waals surface area contributed by atoms with Crippen molar-refractivity contribution in [2.24, 2.45) is 0 Å². The van der Waals surface area contributed by atoms with Gasteiger partial charge in [-0.05, 0) is 80.7 Å². The second-order valence-electron chi connectivity index (χ2n) is 18.7. The molecule has 0 spiro atoms. The van der Waals surface area contributed by atoms with Crippen LogP contribution < -0.4 is 20.3 Å². The molecule has 4 aliphatic rings. The van der Waals surface area contributed by atoms with Gasteiger partial charge in [0.05, 0.1) is 17.8 Å². The van der Waals surface area contributed by atoms with Crippen LogP contribution >= 0.6 is 18.7 Å². The predicted octanol–water partition coefficient (Wildman–Crippen LogP) is 7.03. The van der Waals surface area contributed by atoms with Gasteiger partial charge in [0.15, 0.2) is 0 Å². The lowest BCUT2D eigenvalue weighted by Gasteiger charge is -2.43. The fraction of sp³-hybridized carbons (Fsp3) is 0.490. The van der Waals surface area contributed by atoms with Gasteiger partial charge in [-0.2, -0.15) is 0 Å². The topological polar surface area (TPSA) is 145 Å². The quantitative estimate of drug-likeness (QED) is 0.0666. The summed E-state index contributed by atoms with van der Waals surface area (Å²) in [5.41, 5.74) is 6.61. The minimum atomic E-state index is -2.47. The normalized spacial score (nSPS) is 18.5. The molecule has 0 radical (unpaired) electrons. The summed E-state index contributed by atoms with van der Waals surface area (Å²) in [5.74, 6) is 0.924. The second kappa shape index (κ2) is 21.2. The molecular weight excluding hydrogens is 873 g/mol. The van der Waals surface area contributed by atoms with E-state index in [0.29, 0.717) is 60.4 Å². The molecule has 15 heteroatoms. The molecule has 5 heterocycles. The summed E-state index contributed by atoms with van der Waals surface area (Å²) in [5, 5.41) is 3.70. The third kappa shape index (κ3) is 11.3. The molecule has 1 aromatic heterocycles. The van der Waals surface area contributed by atoms with Gasteiger partial charge in [-0.25, -0.2) is 9.97 Å². The number of nitrogens with one attached hydrogen (secondary N) is 1. The highest BCUT2D eigenvalue weighted by Gasteiger charge is 2.39. The highest BCUT2D eigenvalue weighted by molar-refractivity contribution is 7.70. The zero-order valence-corrected chi connectivity index (χ0v) is 40.3. The van der Waals surface area contributed by atoms with Crippen molar-refractivity contribution in [1.82, 2.24) is 30.0 Å². The Labute approximate surface area is 394 Å². The van der Waals surface area contributed by atoms with Crippen molar-refractivity contribution in [2.75, 3.05) is 64.6 Å². The molecule has 0 bridgehead atoms. The molecule has 350 valence electrons. The average Bonchev–Trinajstić information content (AvgIpc) is 3.64. The van der Waals surface area contributed by atoms with Crippen LogP contribution in [0.15, 0.2) is 66.9 Å². The van der Waals surface area contributed by atoms with E-state index < -0.39 is 13.2 Å². The average molecular weight is 937 g/mol. The molecule has 4 amide bonds. The number of aromatic nitrogens is 2. The fourth-order valence-corrected chi connectivity index (χ4v) is 11.6. The lowest BCUT2D eigenvalue weighted by atomic mass is 10.0. The molecule has 3 aromatic carbocycles. The maximum absolute atomic E-state index is 13.1. The number of piperazine rings is 1. The fourth-order valence-electron chi connectivity index (χ4n) is 10.2. The van der Waals surface area contributed by atoms with Crippen molar-refractivity contribution in [3.63, 3.8) is 0 Å². The molecule has 1 atom stereocenters. The molecule has 4 aliphatic heterocycles. The van der Waals surface area contributed by atoms with Gasteiger partial charge in [-0.1, -0.05) is 73.3 Å². The molecule has 1 N–H and O–H groups in total. The molecular formula is C51H63ClN7O6P. The first-order valence-electron chi connectivity index (χ1n) is 23.7. The standard InChI is InChI=1S/C51H63ClN7O6P/c1-65-45-32-40(17-16-36(45)31-47-53-33-42(52)43(54-47)30-37-12-9-10-13-46(37)66(2,3)64)56-23-21-39(22-24-56)57-25-27-58(28-26-57)49(61)14-8-6-4-5-7-11-35-15-18-41-38(29-35)34-59(51(41)63)44-19-20-48(60)55-50(44)62/h9-10,12-13,15-18,29,32-33,39,44H,4-8,11,14,19-28,30-31,34H2,1-3H3,(H,55,60,62). The molecule has 3 fully saturated rings. The number of carbonyl (C=O) groups is 4. The van der Waals surface area contributed by atoms with E-state index in [2.05, 4.69) is 49.3 Å². The lowest BCUT2D eigenvalue weighted by molar-refractivity contribution is -0.137. The van der Waals surface area contributed by atoms with E-state index in [9.17, 15) is 23.7 Å². The van der Waals surface area contributed by atoms with Crippen LogP contribution in [-0.4, -0.2) is 120 Å². The number of ether oxygens (including phenoxy) is 1. The number of imide groups is 1. The smallest absolute Gasteiger partial charge is 0.255 e. The van der Waals surface area contributed by atoms with Crippen molar-refractivity contribution in [1.29, 1.82) is 0 Å². The zero-order valence-electron chi connectivity index (χ0n) is 38.6. The number of hydrogen-bond acceptors (Lipinski definition) is 10. The Morgan fingerprint density at radius 2 is 1.62 bits per heavy atom. The van der Waals surface area contributed by atoms with Crippen LogP contribution in [0.5, 0.6) is 5.75 Å². The lowest BCUT2D eigenvalue weighted by Crippen LogP contribution is -2.54. The number of hydrogen-bond donors (Lipinski definition) is 1. The maximum Gasteiger partial charge on any atom is 0.255 e. The van der Waals surface area contributed by atoms with E-state index in [4.69, 9.17) is 21.3 Å². The minimum absolute atomic E-state index is 0.137. The van der Waals surface area contributed by atoms with Crippen LogP contribution in [0.4, 0.5) is 5.69 Å². The number of carbonyl (C=O) groups excluding carboxylic acids is 4. The van der Waals surface area contributed by atoms with Crippen molar-refractivity contribution < 1.29 is 28.5 Å². The number of aryl methyl sites for hydroxylation is 1. The van der Waals surface area contributed by atoms with Gasteiger partial charge in [0.2, 0.25) is 17.7 Å². The van der Waals surface area contributed by atoms with Gasteiger partial charge in [-0.3, -0.25) is 29.4 Å². The molecule has 0 aliphatic carbocycles. The molecule has 1 unspecified atom stereocenters. The van der Waals surface area contributed by atoms with E-state index in [0.717, 1.165) is 124 Å². The third-order valence-corrected chi connectivity index (χ3v) is 15.8. The number of piperidine rings is 2. The Hall–Kier alpha value is -5.10. The number of fused-ring (bicyclic) bond motifs is 1. The van der Waals surface area contributed by atoms with Crippen molar-refractivity contribution in [3.05, 3.63) is 111 Å². The number of rotatable bonds is 17. The van der Waals surface area contributed by atoms with E-state index in [1.807, 2.05) is 36.4 Å². The molecule has 8 rings (SSSR count). The van der Waals surface area contributed by atoms with Crippen LogP contribution in [0.25, 0.3) is 0 Å². The van der Waals surface area contributed by atoms with Gasteiger partial charge in [0.25, 0.3) is 5.91 Å². The van der Waals surface area contributed by atoms with Gasteiger partial charge in [-0.15, -0.1) is 0 Å². The van der Waals surface area contributed by atoms with E-state index in [-0.39, 0.29) is 30.0 Å². The molecule has 66 heavy (non-hydrogen) atoms. The Morgan fingerprint density at radius 3 is 2.38 bits per heavy atom. The first-order chi connectivity index (χ1) is 31.8. The Morgan fingerprint density at radius 1 is 0.864 bits per heavy atom. The summed E-state index contributed by atoms with van der Waals surface area (Å²) in [6, 6.07) is 20.1. The second-order valence-corrected chi connectivity index (χ2v) is 22.3. The maximum atomic E-state index is 13.1. The summed E-state index contributed by atoms with van der Waals surface area (Å²) < 4.78 is 18.9. The summed E-state index contributed by atoms with van der Waals surface area (Å²) >= 11 is 6.58. The largest absolute Gasteiger partial charge is 0.496 e. The first kappa shape index (κ1) is 47.4. The van der Waals surface area contributed by atoms with E-state index in [1.165, 1.54) is 5.56 Å². The number of nitrogens with zero attached hydrogens (tertiary/aromatic N) is 6. The van der Waals surface area contributed by atoms with Gasteiger partial charge in [0, 0.05) is 112 Å². The van der Waals surface area contributed by atoms with Crippen LogP contribution in [-0.2, 0) is 44.8 Å². The van der Waals surface area contributed by atoms with Gasteiger partial charge in [0.1, 0.15) is 24.8 Å². The summed E-state index contributed by atoms with van der Waals surface area (Å²) in [4.78, 5) is 68.2. The zero-order chi connectivity index (χ0) is 46.4. The van der Waals surface area contributed by atoms with Crippen LogP contribution in [0.1, 0.15) is 108 Å². The SMILES string of the molecule is COc1cc(N2CCC(N3CCN(C(=O)CCCCCCCc4ccc5c(c4)CN(C4CCC(=O)NC4=O)C5=O)CC3)CC2)ccc1Cc1ncc(Cl)c(Cc2ccccc2P(C)(C)=O)n1. The van der Waals surface area contributed by atoms with E-state index in [1.54, 1.807) is 31.5 Å². The van der Waals surface area contributed by atoms with Crippen molar-refractivity contribution in [3.8, 4) is 5.75 Å². The Kier molecular flexibility index (Phi) is 15.3. The van der Waals surface area contributed by atoms with Crippen LogP contribution in [0, 0.1) is 0 Å². The Bertz CT molecular complexity index is 2480. The van der Waals surface area contributed by atoms with Crippen molar-refractivity contribution in [2.45, 2.75) is 102 Å². The highest BCUT2D eigenvalue weighted by Crippen LogP contribution is 2.37. The Balaban J connectivity index is 0.721. The summed E-state index contributed by atoms with van der Waals surface area (Å²) in [6.45, 7) is 9.31. The monoisotopic (exact) mass is 935 g/mol. The number of amides is 4.